The number of sulfonamides is 1. The average molecular weight is 850 g/mol. The second kappa shape index (κ2) is 15.0. The number of para-hydroxylation sites is 1. The van der Waals surface area contributed by atoms with Gasteiger partial charge in [-0.3, -0.25) is 19.2 Å². The summed E-state index contributed by atoms with van der Waals surface area (Å²) in [4.78, 5) is 76.4. The van der Waals surface area contributed by atoms with Gasteiger partial charge in [0, 0.05) is 29.1 Å². The molecular weight excluding hydrogens is 783 g/mol. The van der Waals surface area contributed by atoms with Gasteiger partial charge < -0.3 is 31.2 Å². The van der Waals surface area contributed by atoms with Gasteiger partial charge in [0.2, 0.25) is 17.7 Å². The zero-order valence-electron chi connectivity index (χ0n) is 37.0. The van der Waals surface area contributed by atoms with Crippen LogP contribution in [-0.4, -0.2) is 83.7 Å². The molecule has 0 unspecified atom stereocenters. The number of aromatic amines is 1. The number of amides is 6. The van der Waals surface area contributed by atoms with E-state index in [0.717, 1.165) is 51.4 Å². The molecular formula is C45H67N7O7S. The predicted molar refractivity (Wildman–Crippen MR) is 229 cm³/mol. The molecule has 1 aromatic heterocycles. The number of H-pyrrole nitrogens is 1. The topological polar surface area (TPSA) is 199 Å². The summed E-state index contributed by atoms with van der Waals surface area (Å²) in [5.74, 6) is -2.57. The summed E-state index contributed by atoms with van der Waals surface area (Å²) in [6, 6.07) is 3.23. The maximum absolute atomic E-state index is 15.2. The Balaban J connectivity index is 1.16. The predicted octanol–water partition coefficient (Wildman–Crippen LogP) is 5.63. The standard InChI is InChI=1S/C45H67N7O7S/c1-10-29-24-45(29,38(56)51-60(58,59)31-19-14-18-28-20-23-46-32(28)31)49-35(53)30-25-44(42(8,9)43(44)21-15-22-43)26-52(30)37(55)34(40(2,3)4)48-36(54)33(27-16-12-11-13-17-27)47-39(57)50-41(5,6)7/h14,18-20,23,27,29-30,33-34,46H,10-13,15-17,21-22,24-26H2,1-9H3,(H,48,54)(H,49,53)(H,51,56)(H2,47,50,57)/t29-,30+,33+,34-,44-,45-/m1/s1. The summed E-state index contributed by atoms with van der Waals surface area (Å²) in [6.45, 7) is 17.9. The zero-order valence-corrected chi connectivity index (χ0v) is 37.8. The molecule has 6 atom stereocenters. The van der Waals surface area contributed by atoms with E-state index < -0.39 is 74.3 Å². The Bertz CT molecular complexity index is 2160. The van der Waals surface area contributed by atoms with Gasteiger partial charge in [0.1, 0.15) is 28.6 Å². The molecule has 6 amide bonds. The molecule has 4 aliphatic carbocycles. The third-order valence-corrected chi connectivity index (χ3v) is 16.8. The van der Waals surface area contributed by atoms with Crippen LogP contribution in [0.1, 0.15) is 133 Å². The molecule has 2 aromatic rings. The largest absolute Gasteiger partial charge is 0.360 e. The summed E-state index contributed by atoms with van der Waals surface area (Å²) in [5, 5.41) is 12.6. The lowest BCUT2D eigenvalue weighted by Crippen LogP contribution is -2.63. The van der Waals surface area contributed by atoms with Gasteiger partial charge in [0.25, 0.3) is 15.9 Å². The van der Waals surface area contributed by atoms with Crippen LogP contribution in [-0.2, 0) is 29.2 Å². The van der Waals surface area contributed by atoms with Crippen LogP contribution in [0.15, 0.2) is 35.4 Å². The Hall–Kier alpha value is -4.14. The number of nitrogens with zero attached hydrogens (tertiary/aromatic N) is 1. The fourth-order valence-electron chi connectivity index (χ4n) is 11.7. The lowest BCUT2D eigenvalue weighted by atomic mass is 9.73. The van der Waals surface area contributed by atoms with E-state index in [4.69, 9.17) is 0 Å². The number of rotatable bonds is 11. The number of aromatic nitrogens is 1. The molecule has 5 aliphatic rings. The maximum atomic E-state index is 15.2. The Kier molecular flexibility index (Phi) is 11.0. The van der Waals surface area contributed by atoms with E-state index in [0.29, 0.717) is 30.3 Å². The van der Waals surface area contributed by atoms with Crippen molar-refractivity contribution in [3.05, 3.63) is 30.5 Å². The highest BCUT2D eigenvalue weighted by Gasteiger charge is 2.85. The molecule has 6 N–H and O–H groups in total. The van der Waals surface area contributed by atoms with Crippen molar-refractivity contribution < 1.29 is 32.4 Å². The summed E-state index contributed by atoms with van der Waals surface area (Å²) in [6.07, 6.45) is 10.3. The highest BCUT2D eigenvalue weighted by atomic mass is 32.2. The summed E-state index contributed by atoms with van der Waals surface area (Å²) in [5.41, 5.74) is -2.96. The van der Waals surface area contributed by atoms with Crippen molar-refractivity contribution in [1.29, 1.82) is 0 Å². The van der Waals surface area contributed by atoms with Crippen LogP contribution in [0, 0.1) is 33.5 Å². The van der Waals surface area contributed by atoms with Gasteiger partial charge in [-0.1, -0.05) is 85.8 Å². The van der Waals surface area contributed by atoms with Gasteiger partial charge in [-0.05, 0) is 99.5 Å². The van der Waals surface area contributed by atoms with Gasteiger partial charge in [0.15, 0.2) is 0 Å². The van der Waals surface area contributed by atoms with Crippen molar-refractivity contribution in [2.45, 2.75) is 167 Å². The second-order valence-electron chi connectivity index (χ2n) is 21.3. The zero-order chi connectivity index (χ0) is 43.8. The normalized spacial score (nSPS) is 28.1. The van der Waals surface area contributed by atoms with Crippen molar-refractivity contribution in [3.8, 4) is 0 Å². The van der Waals surface area contributed by atoms with E-state index in [9.17, 15) is 27.6 Å². The minimum atomic E-state index is -4.33. The van der Waals surface area contributed by atoms with Crippen molar-refractivity contribution >= 4 is 50.6 Å². The molecule has 1 aliphatic heterocycles. The molecule has 7 rings (SSSR count). The minimum Gasteiger partial charge on any atom is -0.360 e. The van der Waals surface area contributed by atoms with Crippen LogP contribution >= 0.6 is 0 Å². The number of fused-ring (bicyclic) bond motifs is 2. The molecule has 60 heavy (non-hydrogen) atoms. The Morgan fingerprint density at radius 3 is 2.15 bits per heavy atom. The number of hydrogen-bond donors (Lipinski definition) is 6. The molecule has 2 heterocycles. The number of carbonyl (C=O) groups excluding carboxylic acids is 5. The first kappa shape index (κ1) is 43.9. The van der Waals surface area contributed by atoms with Gasteiger partial charge in [-0.15, -0.1) is 0 Å². The van der Waals surface area contributed by atoms with Crippen molar-refractivity contribution in [2.24, 2.45) is 33.5 Å². The minimum absolute atomic E-state index is 0.0298. The fourth-order valence-corrected chi connectivity index (χ4v) is 12.9. The smallest absolute Gasteiger partial charge is 0.315 e. The highest BCUT2D eigenvalue weighted by Crippen LogP contribution is 2.88. The number of likely N-dealkylation sites (tertiary alicyclic amines) is 1. The van der Waals surface area contributed by atoms with Gasteiger partial charge >= 0.3 is 6.03 Å². The van der Waals surface area contributed by atoms with Crippen LogP contribution in [0.3, 0.4) is 0 Å². The molecule has 2 spiro atoms. The molecule has 14 nitrogen and oxygen atoms in total. The number of urea groups is 1. The third kappa shape index (κ3) is 7.37. The summed E-state index contributed by atoms with van der Waals surface area (Å²) >= 11 is 0. The van der Waals surface area contributed by atoms with Crippen LogP contribution in [0.5, 0.6) is 0 Å². The number of benzene rings is 1. The third-order valence-electron chi connectivity index (χ3n) is 15.4. The molecule has 5 fully saturated rings. The van der Waals surface area contributed by atoms with Crippen LogP contribution in [0.4, 0.5) is 4.79 Å². The van der Waals surface area contributed by atoms with Gasteiger partial charge in [-0.2, -0.15) is 0 Å². The molecule has 330 valence electrons. The molecule has 0 bridgehead atoms. The van der Waals surface area contributed by atoms with Crippen molar-refractivity contribution in [3.63, 3.8) is 0 Å². The van der Waals surface area contributed by atoms with E-state index >= 15 is 4.79 Å². The van der Waals surface area contributed by atoms with Crippen molar-refractivity contribution in [1.82, 2.24) is 35.9 Å². The second-order valence-corrected chi connectivity index (χ2v) is 22.9. The highest BCUT2D eigenvalue weighted by molar-refractivity contribution is 7.90. The Morgan fingerprint density at radius 2 is 1.58 bits per heavy atom. The van der Waals surface area contributed by atoms with E-state index in [2.05, 4.69) is 44.8 Å². The maximum Gasteiger partial charge on any atom is 0.315 e. The Morgan fingerprint density at radius 1 is 0.900 bits per heavy atom. The lowest BCUT2D eigenvalue weighted by molar-refractivity contribution is -0.145. The fraction of sp³-hybridized carbons (Fsp3) is 0.711. The molecule has 15 heteroatoms. The van der Waals surface area contributed by atoms with Gasteiger partial charge in [0.05, 0.1) is 5.52 Å². The molecule has 0 radical (unpaired) electrons. The van der Waals surface area contributed by atoms with E-state index in [1.54, 1.807) is 29.3 Å². The average Bonchev–Trinajstić information content (AvgIpc) is 3.66. The van der Waals surface area contributed by atoms with Crippen LogP contribution in [0.2, 0.25) is 0 Å². The van der Waals surface area contributed by atoms with Crippen molar-refractivity contribution in [2.75, 3.05) is 6.54 Å². The number of nitrogens with one attached hydrogen (secondary N) is 6. The van der Waals surface area contributed by atoms with E-state index in [-0.39, 0.29) is 39.4 Å². The van der Waals surface area contributed by atoms with Crippen LogP contribution in [0.25, 0.3) is 10.9 Å². The number of hydrogen-bond acceptors (Lipinski definition) is 7. The summed E-state index contributed by atoms with van der Waals surface area (Å²) in [7, 11) is -4.33. The quantitative estimate of drug-likeness (QED) is 0.168. The Labute approximate surface area is 355 Å². The first-order valence-corrected chi connectivity index (χ1v) is 23.6. The SMILES string of the molecule is CC[C@@H]1C[C@]1(NC(=O)[C@@H]1C[C@@]2(CN1C(=O)[C@@H](NC(=O)[C@@H](NC(=O)NC(C)(C)C)C1CCCCC1)C(C)(C)C)C(C)(C)C21CCC1)C(=O)NS(=O)(=O)c1cccc2cc[nH]c12. The van der Waals surface area contributed by atoms with Gasteiger partial charge in [-0.25, -0.2) is 17.9 Å². The van der Waals surface area contributed by atoms with E-state index in [1.165, 1.54) is 6.07 Å². The number of carbonyl (C=O) groups is 5. The monoisotopic (exact) mass is 849 g/mol. The molecule has 4 saturated carbocycles. The summed E-state index contributed by atoms with van der Waals surface area (Å²) < 4.78 is 29.7. The van der Waals surface area contributed by atoms with Crippen LogP contribution < -0.4 is 26.0 Å². The lowest BCUT2D eigenvalue weighted by Gasteiger charge is -2.38. The first-order chi connectivity index (χ1) is 27.9. The van der Waals surface area contributed by atoms with E-state index in [1.807, 2.05) is 48.5 Å². The first-order valence-electron chi connectivity index (χ1n) is 22.1. The molecule has 1 aromatic carbocycles. The molecule has 1 saturated heterocycles.